The van der Waals surface area contributed by atoms with Crippen LogP contribution in [0.4, 0.5) is 0 Å². The first kappa shape index (κ1) is 10.8. The van der Waals surface area contributed by atoms with Gasteiger partial charge in [0.2, 0.25) is 0 Å². The lowest BCUT2D eigenvalue weighted by atomic mass is 10.1. The summed E-state index contributed by atoms with van der Waals surface area (Å²) in [5.74, 6) is -0.257. The van der Waals surface area contributed by atoms with Crippen molar-refractivity contribution in [2.45, 2.75) is 18.3 Å². The molecule has 2 aromatic rings. The van der Waals surface area contributed by atoms with E-state index in [0.29, 0.717) is 23.0 Å². The predicted molar refractivity (Wildman–Crippen MR) is 65.5 cm³/mol. The molecule has 3 rings (SSSR count). The number of thiophene rings is 1. The van der Waals surface area contributed by atoms with Crippen LogP contribution in [-0.4, -0.2) is 21.0 Å². The van der Waals surface area contributed by atoms with Crippen molar-refractivity contribution in [2.75, 3.05) is 0 Å². The molecule has 1 aliphatic rings. The summed E-state index contributed by atoms with van der Waals surface area (Å²) >= 11 is 7.30. The molecule has 1 saturated carbocycles. The van der Waals surface area contributed by atoms with Gasteiger partial charge in [-0.15, -0.1) is 11.3 Å². The van der Waals surface area contributed by atoms with Crippen LogP contribution in [0.5, 0.6) is 0 Å². The summed E-state index contributed by atoms with van der Waals surface area (Å²) in [5, 5.41) is 9.16. The molecule has 0 atom stereocenters. The van der Waals surface area contributed by atoms with E-state index in [-0.39, 0.29) is 0 Å². The number of aromatic nitrogens is 2. The normalized spacial score (nSPS) is 17.0. The third-order valence-electron chi connectivity index (χ3n) is 3.03. The minimum Gasteiger partial charge on any atom is -0.480 e. The number of hydrogen-bond donors (Lipinski definition) is 2. The van der Waals surface area contributed by atoms with E-state index >= 15 is 0 Å². The Morgan fingerprint density at radius 2 is 2.29 bits per heavy atom. The average Bonchev–Trinajstić information content (AvgIpc) is 2.76. The van der Waals surface area contributed by atoms with E-state index in [0.717, 1.165) is 10.6 Å². The molecule has 0 saturated heterocycles. The van der Waals surface area contributed by atoms with Crippen molar-refractivity contribution in [3.8, 4) is 10.6 Å². The van der Waals surface area contributed by atoms with E-state index < -0.39 is 11.4 Å². The Hall–Kier alpha value is -1.33. The Kier molecular flexibility index (Phi) is 2.27. The van der Waals surface area contributed by atoms with Crippen LogP contribution in [0.15, 0.2) is 18.3 Å². The second-order valence-electron chi connectivity index (χ2n) is 4.14. The number of H-pyrrole nitrogens is 1. The second kappa shape index (κ2) is 3.58. The van der Waals surface area contributed by atoms with Crippen molar-refractivity contribution in [3.63, 3.8) is 0 Å². The molecular formula is C11H9ClN2O2S. The van der Waals surface area contributed by atoms with Crippen molar-refractivity contribution < 1.29 is 9.90 Å². The minimum atomic E-state index is -0.803. The van der Waals surface area contributed by atoms with Gasteiger partial charge < -0.3 is 10.1 Å². The van der Waals surface area contributed by atoms with E-state index in [4.69, 9.17) is 16.7 Å². The van der Waals surface area contributed by atoms with Crippen LogP contribution >= 0.6 is 22.9 Å². The van der Waals surface area contributed by atoms with Crippen LogP contribution in [0.3, 0.4) is 0 Å². The molecule has 0 aromatic carbocycles. The van der Waals surface area contributed by atoms with Crippen molar-refractivity contribution in [1.29, 1.82) is 0 Å². The molecule has 2 heterocycles. The highest BCUT2D eigenvalue weighted by Gasteiger charge is 2.54. The van der Waals surface area contributed by atoms with E-state index in [9.17, 15) is 4.79 Å². The Morgan fingerprint density at radius 3 is 2.82 bits per heavy atom. The van der Waals surface area contributed by atoms with Gasteiger partial charge in [0.05, 0.1) is 21.1 Å². The first-order chi connectivity index (χ1) is 8.12. The van der Waals surface area contributed by atoms with Gasteiger partial charge in [-0.2, -0.15) is 0 Å². The zero-order chi connectivity index (χ0) is 12.0. The van der Waals surface area contributed by atoms with E-state index in [1.807, 2.05) is 12.1 Å². The fraction of sp³-hybridized carbons (Fsp3) is 0.273. The van der Waals surface area contributed by atoms with Crippen LogP contribution < -0.4 is 0 Å². The summed E-state index contributed by atoms with van der Waals surface area (Å²) in [6, 6.07) is 3.71. The number of aromatic amines is 1. The number of hydrogen-bond acceptors (Lipinski definition) is 3. The van der Waals surface area contributed by atoms with Crippen molar-refractivity contribution >= 4 is 28.9 Å². The summed E-state index contributed by atoms with van der Waals surface area (Å²) in [7, 11) is 0. The highest BCUT2D eigenvalue weighted by atomic mass is 35.5. The summed E-state index contributed by atoms with van der Waals surface area (Å²) in [6.07, 6.45) is 2.97. The highest BCUT2D eigenvalue weighted by molar-refractivity contribution is 7.19. The second-order valence-corrected chi connectivity index (χ2v) is 5.85. The molecule has 1 fully saturated rings. The van der Waals surface area contributed by atoms with Gasteiger partial charge >= 0.3 is 5.97 Å². The zero-order valence-electron chi connectivity index (χ0n) is 8.74. The average molecular weight is 269 g/mol. The van der Waals surface area contributed by atoms with E-state index in [2.05, 4.69) is 9.97 Å². The van der Waals surface area contributed by atoms with Crippen LogP contribution in [-0.2, 0) is 10.2 Å². The SMILES string of the molecule is O=C(O)C1(c2ncc(-c3ccc(Cl)s3)[nH]2)CC1. The van der Waals surface area contributed by atoms with Gasteiger partial charge in [0.15, 0.2) is 0 Å². The number of carbonyl (C=O) groups is 1. The number of carboxylic acids is 1. The lowest BCUT2D eigenvalue weighted by Crippen LogP contribution is -2.20. The number of carboxylic acid groups (broad SMARTS) is 1. The molecule has 6 heteroatoms. The molecule has 0 bridgehead atoms. The van der Waals surface area contributed by atoms with Gasteiger partial charge in [-0.05, 0) is 25.0 Å². The quantitative estimate of drug-likeness (QED) is 0.899. The largest absolute Gasteiger partial charge is 0.480 e. The van der Waals surface area contributed by atoms with Gasteiger partial charge in [-0.3, -0.25) is 4.79 Å². The molecule has 17 heavy (non-hydrogen) atoms. The van der Waals surface area contributed by atoms with Crippen molar-refractivity contribution in [2.24, 2.45) is 0 Å². The molecule has 2 aromatic heterocycles. The van der Waals surface area contributed by atoms with Crippen LogP contribution in [0, 0.1) is 0 Å². The molecule has 2 N–H and O–H groups in total. The van der Waals surface area contributed by atoms with Gasteiger partial charge in [-0.1, -0.05) is 11.6 Å². The summed E-state index contributed by atoms with van der Waals surface area (Å²) in [5.41, 5.74) is 0.0451. The van der Waals surface area contributed by atoms with Gasteiger partial charge in [0.25, 0.3) is 0 Å². The molecule has 0 amide bonds. The maximum absolute atomic E-state index is 11.2. The third kappa shape index (κ3) is 1.66. The Bertz CT molecular complexity index is 586. The van der Waals surface area contributed by atoms with E-state index in [1.54, 1.807) is 6.20 Å². The summed E-state index contributed by atoms with van der Waals surface area (Å²) in [6.45, 7) is 0. The minimum absolute atomic E-state index is 0.546. The molecule has 4 nitrogen and oxygen atoms in total. The zero-order valence-corrected chi connectivity index (χ0v) is 10.3. The highest BCUT2D eigenvalue weighted by Crippen LogP contribution is 2.47. The summed E-state index contributed by atoms with van der Waals surface area (Å²) in [4.78, 5) is 19.4. The fourth-order valence-corrected chi connectivity index (χ4v) is 2.83. The molecule has 0 aliphatic heterocycles. The molecule has 0 radical (unpaired) electrons. The number of rotatable bonds is 3. The van der Waals surface area contributed by atoms with Gasteiger partial charge in [0.1, 0.15) is 11.2 Å². The molecular weight excluding hydrogens is 260 g/mol. The van der Waals surface area contributed by atoms with Gasteiger partial charge in [0, 0.05) is 0 Å². The van der Waals surface area contributed by atoms with Crippen LogP contribution in [0.1, 0.15) is 18.7 Å². The summed E-state index contributed by atoms with van der Waals surface area (Å²) < 4.78 is 0.704. The maximum Gasteiger partial charge on any atom is 0.317 e. The van der Waals surface area contributed by atoms with Gasteiger partial charge in [-0.25, -0.2) is 4.98 Å². The lowest BCUT2D eigenvalue weighted by Gasteiger charge is -2.04. The lowest BCUT2D eigenvalue weighted by molar-refractivity contribution is -0.140. The van der Waals surface area contributed by atoms with Crippen LogP contribution in [0.25, 0.3) is 10.6 Å². The predicted octanol–water partition coefficient (Wildman–Crippen LogP) is 2.91. The number of nitrogens with one attached hydrogen (secondary N) is 1. The molecule has 0 unspecified atom stereocenters. The molecule has 88 valence electrons. The topological polar surface area (TPSA) is 66.0 Å². The first-order valence-electron chi connectivity index (χ1n) is 5.16. The Labute approximate surface area is 106 Å². The number of nitrogens with zero attached hydrogens (tertiary/aromatic N) is 1. The van der Waals surface area contributed by atoms with Crippen molar-refractivity contribution in [3.05, 3.63) is 28.5 Å². The maximum atomic E-state index is 11.2. The van der Waals surface area contributed by atoms with E-state index in [1.165, 1.54) is 11.3 Å². The monoisotopic (exact) mass is 268 g/mol. The first-order valence-corrected chi connectivity index (χ1v) is 6.36. The van der Waals surface area contributed by atoms with Crippen molar-refractivity contribution in [1.82, 2.24) is 9.97 Å². The fourth-order valence-electron chi connectivity index (χ4n) is 1.83. The molecule has 0 spiro atoms. The molecule has 1 aliphatic carbocycles. The number of aliphatic carboxylic acids is 1. The smallest absolute Gasteiger partial charge is 0.317 e. The Morgan fingerprint density at radius 1 is 1.53 bits per heavy atom. The third-order valence-corrected chi connectivity index (χ3v) is 4.29. The van der Waals surface area contributed by atoms with Crippen LogP contribution in [0.2, 0.25) is 4.34 Å². The number of imidazole rings is 1. The number of halogens is 1. The Balaban J connectivity index is 1.96. The standard InChI is InChI=1S/C11H9ClN2O2S/c12-8-2-1-7(17-8)6-5-13-9(14-6)11(3-4-11)10(15)16/h1-2,5H,3-4H2,(H,13,14)(H,15,16).